The number of amides is 2. The summed E-state index contributed by atoms with van der Waals surface area (Å²) in [6.45, 7) is 1.79. The van der Waals surface area contributed by atoms with Crippen LogP contribution in [-0.4, -0.2) is 44.8 Å². The number of carbonyl (C=O) groups excluding carboxylic acids is 3. The summed E-state index contributed by atoms with van der Waals surface area (Å²) >= 11 is 0. The van der Waals surface area contributed by atoms with Crippen LogP contribution >= 0.6 is 0 Å². The molecule has 0 radical (unpaired) electrons. The smallest absolute Gasteiger partial charge is 0.275 e. The van der Waals surface area contributed by atoms with Crippen LogP contribution in [0.2, 0.25) is 0 Å². The summed E-state index contributed by atoms with van der Waals surface area (Å²) in [7, 11) is 0. The van der Waals surface area contributed by atoms with E-state index in [-0.39, 0.29) is 36.0 Å². The van der Waals surface area contributed by atoms with E-state index in [1.807, 2.05) is 0 Å². The van der Waals surface area contributed by atoms with Crippen molar-refractivity contribution >= 4 is 17.6 Å². The highest BCUT2D eigenvalue weighted by molar-refractivity contribution is 6.02. The molecule has 0 spiro atoms. The first kappa shape index (κ1) is 20.7. The summed E-state index contributed by atoms with van der Waals surface area (Å²) in [5.41, 5.74) is -1.78. The van der Waals surface area contributed by atoms with Crippen LogP contribution in [0.5, 0.6) is 5.75 Å². The zero-order valence-corrected chi connectivity index (χ0v) is 16.5. The number of nitrogens with one attached hydrogen (secondary N) is 1. The molecule has 0 unspecified atom stereocenters. The third-order valence-electron chi connectivity index (χ3n) is 5.78. The molecule has 2 aliphatic heterocycles. The van der Waals surface area contributed by atoms with E-state index >= 15 is 0 Å². The van der Waals surface area contributed by atoms with Gasteiger partial charge in [-0.3, -0.25) is 19.2 Å². The number of hydrogen-bond donors (Lipinski definition) is 2. The summed E-state index contributed by atoms with van der Waals surface area (Å²) in [4.78, 5) is 51.8. The van der Waals surface area contributed by atoms with Crippen LogP contribution in [0.25, 0.3) is 0 Å². The Morgan fingerprint density at radius 1 is 1.26 bits per heavy atom. The van der Waals surface area contributed by atoms with Gasteiger partial charge in [-0.1, -0.05) is 13.0 Å². The Labute approximate surface area is 175 Å². The summed E-state index contributed by atoms with van der Waals surface area (Å²) in [6.07, 6.45) is 1.61. The zero-order chi connectivity index (χ0) is 22.4. The average molecular weight is 431 g/mol. The lowest BCUT2D eigenvalue weighted by molar-refractivity contribution is -0.131. The fraction of sp³-hybridized carbons (Fsp3) is 0.333. The molecule has 162 valence electrons. The molecule has 2 atom stereocenters. The first-order chi connectivity index (χ1) is 14.7. The third kappa shape index (κ3) is 3.47. The summed E-state index contributed by atoms with van der Waals surface area (Å²) < 4.78 is 28.0. The van der Waals surface area contributed by atoms with Crippen LogP contribution < -0.4 is 10.7 Å². The van der Waals surface area contributed by atoms with Crippen LogP contribution in [0.15, 0.2) is 29.2 Å². The molecule has 2 aliphatic rings. The minimum atomic E-state index is -1.05. The van der Waals surface area contributed by atoms with Gasteiger partial charge in [-0.2, -0.15) is 0 Å². The standard InChI is InChI=1S/C21H19F2N3O5/c1-10-4-5-26-15(17(10)27)9-25-8-13(18(28)19(29)16(25)21(26)31)20(30)24-7-11-2-3-12(22)6-14(11)23/h2-3,6,8,10,15,29H,4-5,7,9H2,1H3,(H,24,30)/t10-,15+/m1/s1. The Kier molecular flexibility index (Phi) is 5.08. The van der Waals surface area contributed by atoms with E-state index in [0.29, 0.717) is 19.0 Å². The molecular weight excluding hydrogens is 412 g/mol. The molecule has 3 heterocycles. The van der Waals surface area contributed by atoms with Crippen molar-refractivity contribution < 1.29 is 28.3 Å². The highest BCUT2D eigenvalue weighted by Crippen LogP contribution is 2.29. The van der Waals surface area contributed by atoms with Gasteiger partial charge in [0, 0.05) is 36.8 Å². The second-order valence-electron chi connectivity index (χ2n) is 7.75. The molecule has 0 bridgehead atoms. The first-order valence-corrected chi connectivity index (χ1v) is 9.72. The van der Waals surface area contributed by atoms with Crippen molar-refractivity contribution in [3.05, 3.63) is 63.1 Å². The van der Waals surface area contributed by atoms with E-state index in [2.05, 4.69) is 5.32 Å². The monoisotopic (exact) mass is 431 g/mol. The lowest BCUT2D eigenvalue weighted by Gasteiger charge is -2.41. The molecule has 1 saturated heterocycles. The number of benzene rings is 1. The number of piperidine rings is 1. The van der Waals surface area contributed by atoms with Crippen molar-refractivity contribution in [1.29, 1.82) is 0 Å². The number of rotatable bonds is 3. The van der Waals surface area contributed by atoms with Gasteiger partial charge in [0.1, 0.15) is 23.2 Å². The van der Waals surface area contributed by atoms with Gasteiger partial charge in [0.15, 0.2) is 17.2 Å². The summed E-state index contributed by atoms with van der Waals surface area (Å²) in [6, 6.07) is 2.12. The van der Waals surface area contributed by atoms with Crippen LogP contribution in [0.4, 0.5) is 8.78 Å². The van der Waals surface area contributed by atoms with E-state index < -0.39 is 46.2 Å². The Hall–Kier alpha value is -3.56. The Morgan fingerprint density at radius 2 is 2.00 bits per heavy atom. The molecule has 1 fully saturated rings. The number of aromatic nitrogens is 1. The number of aromatic hydroxyl groups is 1. The Balaban J connectivity index is 1.64. The molecule has 10 heteroatoms. The lowest BCUT2D eigenvalue weighted by Crippen LogP contribution is -2.57. The van der Waals surface area contributed by atoms with E-state index in [9.17, 15) is 33.1 Å². The molecular formula is C21H19F2N3O5. The number of Topliss-reactive ketones (excluding diaryl/α,β-unsaturated/α-hetero) is 1. The minimum absolute atomic E-state index is 0.00430. The Bertz CT molecular complexity index is 1180. The fourth-order valence-corrected chi connectivity index (χ4v) is 3.98. The number of hydrogen-bond acceptors (Lipinski definition) is 5. The van der Waals surface area contributed by atoms with E-state index in [1.165, 1.54) is 9.47 Å². The number of halogens is 2. The van der Waals surface area contributed by atoms with Crippen LogP contribution in [0.1, 0.15) is 39.8 Å². The highest BCUT2D eigenvalue weighted by Gasteiger charge is 2.43. The van der Waals surface area contributed by atoms with Crippen molar-refractivity contribution in [3.63, 3.8) is 0 Å². The fourth-order valence-electron chi connectivity index (χ4n) is 3.98. The Morgan fingerprint density at radius 3 is 2.71 bits per heavy atom. The average Bonchev–Trinajstić information content (AvgIpc) is 2.72. The van der Waals surface area contributed by atoms with E-state index in [1.54, 1.807) is 6.92 Å². The zero-order valence-electron chi connectivity index (χ0n) is 16.5. The highest BCUT2D eigenvalue weighted by atomic mass is 19.1. The first-order valence-electron chi connectivity index (χ1n) is 9.72. The molecule has 1 aromatic heterocycles. The van der Waals surface area contributed by atoms with Crippen LogP contribution in [0, 0.1) is 17.6 Å². The van der Waals surface area contributed by atoms with E-state index in [4.69, 9.17) is 0 Å². The summed E-state index contributed by atoms with van der Waals surface area (Å²) in [5.74, 6) is -4.41. The van der Waals surface area contributed by atoms with Gasteiger partial charge in [-0.15, -0.1) is 0 Å². The van der Waals surface area contributed by atoms with Crippen molar-refractivity contribution in [2.24, 2.45) is 5.92 Å². The molecule has 4 rings (SSSR count). The van der Waals surface area contributed by atoms with Crippen molar-refractivity contribution in [2.45, 2.75) is 32.5 Å². The van der Waals surface area contributed by atoms with Gasteiger partial charge in [0.05, 0.1) is 6.54 Å². The number of pyridine rings is 1. The molecule has 8 nitrogen and oxygen atoms in total. The molecule has 31 heavy (non-hydrogen) atoms. The molecule has 2 aromatic rings. The van der Waals surface area contributed by atoms with Crippen LogP contribution in [-0.2, 0) is 17.9 Å². The lowest BCUT2D eigenvalue weighted by atomic mass is 9.89. The minimum Gasteiger partial charge on any atom is -0.503 e. The maximum Gasteiger partial charge on any atom is 0.275 e. The van der Waals surface area contributed by atoms with Crippen molar-refractivity contribution in [2.75, 3.05) is 6.54 Å². The number of ketones is 1. The second-order valence-corrected chi connectivity index (χ2v) is 7.75. The van der Waals surface area contributed by atoms with Crippen molar-refractivity contribution in [3.8, 4) is 5.75 Å². The summed E-state index contributed by atoms with van der Waals surface area (Å²) in [5, 5.41) is 12.7. The van der Waals surface area contributed by atoms with Crippen molar-refractivity contribution in [1.82, 2.24) is 14.8 Å². The van der Waals surface area contributed by atoms with Gasteiger partial charge in [-0.05, 0) is 12.5 Å². The second kappa shape index (κ2) is 7.60. The largest absolute Gasteiger partial charge is 0.503 e. The predicted octanol–water partition coefficient (Wildman–Crippen LogP) is 1.20. The van der Waals surface area contributed by atoms with Gasteiger partial charge in [0.25, 0.3) is 11.8 Å². The molecule has 0 aliphatic carbocycles. The number of carbonyl (C=O) groups is 3. The maximum atomic E-state index is 13.8. The number of fused-ring (bicyclic) bond motifs is 2. The quantitative estimate of drug-likeness (QED) is 0.759. The SMILES string of the molecule is C[C@@H]1CCN2C(=O)c3c(O)c(=O)c(C(=O)NCc4ccc(F)cc4F)cn3C[C@H]2C1=O. The predicted molar refractivity (Wildman–Crippen MR) is 104 cm³/mol. The van der Waals surface area contributed by atoms with Crippen LogP contribution in [0.3, 0.4) is 0 Å². The van der Waals surface area contributed by atoms with Gasteiger partial charge in [-0.25, -0.2) is 8.78 Å². The van der Waals surface area contributed by atoms with Gasteiger partial charge in [0.2, 0.25) is 5.43 Å². The molecule has 2 N–H and O–H groups in total. The maximum absolute atomic E-state index is 13.8. The van der Waals surface area contributed by atoms with Gasteiger partial charge < -0.3 is 19.9 Å². The molecule has 0 saturated carbocycles. The topological polar surface area (TPSA) is 109 Å². The molecule has 2 amide bonds. The van der Waals surface area contributed by atoms with E-state index in [0.717, 1.165) is 18.3 Å². The third-order valence-corrected chi connectivity index (χ3v) is 5.78. The normalized spacial score (nSPS) is 20.3. The number of nitrogens with zero attached hydrogens (tertiary/aromatic N) is 2. The van der Waals surface area contributed by atoms with Gasteiger partial charge >= 0.3 is 0 Å². The molecule has 1 aromatic carbocycles.